The highest BCUT2D eigenvalue weighted by Gasteiger charge is 2.50. The number of carbonyl (C=O) groups excluding carboxylic acids is 1. The van der Waals surface area contributed by atoms with E-state index in [-0.39, 0.29) is 12.5 Å². The number of nitrogens with one attached hydrogen (secondary N) is 1. The minimum Gasteiger partial charge on any atom is -0.388 e. The first kappa shape index (κ1) is 21.9. The van der Waals surface area contributed by atoms with Crippen LogP contribution in [0.5, 0.6) is 0 Å². The van der Waals surface area contributed by atoms with Gasteiger partial charge in [-0.1, -0.05) is 11.6 Å². The van der Waals surface area contributed by atoms with E-state index >= 15 is 0 Å². The summed E-state index contributed by atoms with van der Waals surface area (Å²) in [6, 6.07) is 8.09. The van der Waals surface area contributed by atoms with Crippen LogP contribution in [0.2, 0.25) is 5.02 Å². The predicted molar refractivity (Wildman–Crippen MR) is 128 cm³/mol. The molecule has 2 atom stereocenters. The first-order valence-corrected chi connectivity index (χ1v) is 12.2. The molecule has 1 saturated heterocycles. The SMILES string of the molecule is CN(C)[C@H]1CCN(c2ccc3c(C(=O)NCC4(O)CCCC5(CC5)C4)c(Cl)ccc3n2)C1. The number of aliphatic hydroxyl groups is 1. The van der Waals surface area contributed by atoms with Gasteiger partial charge in [0.15, 0.2) is 0 Å². The van der Waals surface area contributed by atoms with Gasteiger partial charge in [-0.15, -0.1) is 0 Å². The standard InChI is InChI=1S/C25H33ClN4O2/c1-29(2)17-8-13-30(14-17)21-7-4-18-20(28-21)6-5-19(26)22(18)23(31)27-16-25(32)10-3-9-24(15-25)11-12-24/h4-7,17,32H,3,8-16H2,1-2H3,(H,27,31)/t17-,25?/m0/s1. The summed E-state index contributed by atoms with van der Waals surface area (Å²) in [5.41, 5.74) is 0.720. The van der Waals surface area contributed by atoms with Crippen molar-refractivity contribution in [2.45, 2.75) is 56.6 Å². The molecule has 2 saturated carbocycles. The molecule has 5 rings (SSSR count). The van der Waals surface area contributed by atoms with Crippen molar-refractivity contribution in [3.63, 3.8) is 0 Å². The fourth-order valence-corrected chi connectivity index (χ4v) is 5.95. The number of hydrogen-bond donors (Lipinski definition) is 2. The molecule has 32 heavy (non-hydrogen) atoms. The monoisotopic (exact) mass is 456 g/mol. The fraction of sp³-hybridized carbons (Fsp3) is 0.600. The highest BCUT2D eigenvalue weighted by molar-refractivity contribution is 6.35. The molecule has 1 aromatic heterocycles. The Morgan fingerprint density at radius 3 is 2.78 bits per heavy atom. The van der Waals surface area contributed by atoms with Crippen molar-refractivity contribution in [1.29, 1.82) is 0 Å². The lowest BCUT2D eigenvalue weighted by Gasteiger charge is -2.37. The summed E-state index contributed by atoms with van der Waals surface area (Å²) in [4.78, 5) is 22.6. The van der Waals surface area contributed by atoms with E-state index in [0.717, 1.165) is 55.5 Å². The quantitative estimate of drug-likeness (QED) is 0.715. The zero-order chi connectivity index (χ0) is 22.5. The number of nitrogens with zero attached hydrogens (tertiary/aromatic N) is 3. The topological polar surface area (TPSA) is 68.7 Å². The van der Waals surface area contributed by atoms with E-state index < -0.39 is 5.60 Å². The number of fused-ring (bicyclic) bond motifs is 1. The van der Waals surface area contributed by atoms with Gasteiger partial charge < -0.3 is 20.2 Å². The number of anilines is 1. The first-order valence-electron chi connectivity index (χ1n) is 11.8. The molecule has 6 nitrogen and oxygen atoms in total. The van der Waals surface area contributed by atoms with Crippen LogP contribution in [0.3, 0.4) is 0 Å². The van der Waals surface area contributed by atoms with Crippen LogP contribution in [0.1, 0.15) is 55.3 Å². The van der Waals surface area contributed by atoms with Gasteiger partial charge in [-0.3, -0.25) is 4.79 Å². The number of halogens is 1. The van der Waals surface area contributed by atoms with Crippen LogP contribution in [-0.2, 0) is 0 Å². The minimum absolute atomic E-state index is 0.243. The average molecular weight is 457 g/mol. The number of pyridine rings is 1. The molecule has 3 fully saturated rings. The Bertz CT molecular complexity index is 1040. The average Bonchev–Trinajstić information content (AvgIpc) is 3.30. The molecule has 1 spiro atoms. The maximum Gasteiger partial charge on any atom is 0.253 e. The van der Waals surface area contributed by atoms with Gasteiger partial charge in [-0.05, 0) is 88.7 Å². The summed E-state index contributed by atoms with van der Waals surface area (Å²) >= 11 is 6.46. The molecule has 2 N–H and O–H groups in total. The van der Waals surface area contributed by atoms with Crippen molar-refractivity contribution in [2.24, 2.45) is 5.41 Å². The molecule has 3 aliphatic rings. The second-order valence-electron chi connectivity index (χ2n) is 10.4. The van der Waals surface area contributed by atoms with Crippen LogP contribution >= 0.6 is 11.6 Å². The molecule has 2 heterocycles. The van der Waals surface area contributed by atoms with E-state index in [2.05, 4.69) is 29.2 Å². The lowest BCUT2D eigenvalue weighted by molar-refractivity contribution is -0.0199. The highest BCUT2D eigenvalue weighted by Crippen LogP contribution is 2.58. The van der Waals surface area contributed by atoms with Crippen LogP contribution in [0.15, 0.2) is 24.3 Å². The van der Waals surface area contributed by atoms with Crippen LogP contribution in [0.25, 0.3) is 10.9 Å². The summed E-state index contributed by atoms with van der Waals surface area (Å²) in [6.07, 6.45) is 7.30. The Morgan fingerprint density at radius 2 is 2.06 bits per heavy atom. The van der Waals surface area contributed by atoms with Gasteiger partial charge in [-0.25, -0.2) is 4.98 Å². The third-order valence-electron chi connectivity index (χ3n) is 7.84. The molecular weight excluding hydrogens is 424 g/mol. The van der Waals surface area contributed by atoms with Crippen molar-refractivity contribution in [3.8, 4) is 0 Å². The maximum atomic E-state index is 13.2. The second kappa shape index (κ2) is 8.15. The van der Waals surface area contributed by atoms with E-state index in [1.807, 2.05) is 18.2 Å². The molecular formula is C25H33ClN4O2. The molecule has 1 aromatic carbocycles. The summed E-state index contributed by atoms with van der Waals surface area (Å²) < 4.78 is 0. The van der Waals surface area contributed by atoms with Gasteiger partial charge in [0.25, 0.3) is 5.91 Å². The molecule has 1 unspecified atom stereocenters. The number of benzene rings is 1. The van der Waals surface area contributed by atoms with Gasteiger partial charge >= 0.3 is 0 Å². The highest BCUT2D eigenvalue weighted by atomic mass is 35.5. The van der Waals surface area contributed by atoms with Gasteiger partial charge in [-0.2, -0.15) is 0 Å². The van der Waals surface area contributed by atoms with Crippen molar-refractivity contribution in [3.05, 3.63) is 34.9 Å². The van der Waals surface area contributed by atoms with Crippen molar-refractivity contribution < 1.29 is 9.90 Å². The van der Waals surface area contributed by atoms with Gasteiger partial charge in [0, 0.05) is 31.1 Å². The Morgan fingerprint density at radius 1 is 1.25 bits per heavy atom. The normalized spacial score (nSPS) is 26.8. The number of hydrogen-bond acceptors (Lipinski definition) is 5. The largest absolute Gasteiger partial charge is 0.388 e. The molecule has 0 radical (unpaired) electrons. The van der Waals surface area contributed by atoms with Crippen LogP contribution in [0.4, 0.5) is 5.82 Å². The van der Waals surface area contributed by atoms with Gasteiger partial charge in [0.05, 0.1) is 21.7 Å². The third kappa shape index (κ3) is 4.20. The summed E-state index contributed by atoms with van der Waals surface area (Å²) in [6.45, 7) is 2.19. The number of carbonyl (C=O) groups is 1. The maximum absolute atomic E-state index is 13.2. The lowest BCUT2D eigenvalue weighted by Crippen LogP contribution is -2.46. The number of likely N-dealkylation sites (N-methyl/N-ethyl adjacent to an activating group) is 1. The molecule has 172 valence electrons. The fourth-order valence-electron chi connectivity index (χ4n) is 5.70. The minimum atomic E-state index is -0.814. The van der Waals surface area contributed by atoms with Crippen LogP contribution in [-0.4, -0.2) is 66.3 Å². The van der Waals surface area contributed by atoms with E-state index in [9.17, 15) is 9.90 Å². The van der Waals surface area contributed by atoms with Crippen molar-refractivity contribution in [2.75, 3.05) is 38.6 Å². The van der Waals surface area contributed by atoms with Gasteiger partial charge in [0.2, 0.25) is 0 Å². The van der Waals surface area contributed by atoms with Crippen LogP contribution in [0, 0.1) is 5.41 Å². The Labute approximate surface area is 194 Å². The molecule has 7 heteroatoms. The zero-order valence-electron chi connectivity index (χ0n) is 19.0. The molecule has 2 aliphatic carbocycles. The zero-order valence-corrected chi connectivity index (χ0v) is 19.8. The molecule has 1 aliphatic heterocycles. The Hall–Kier alpha value is -1.89. The lowest BCUT2D eigenvalue weighted by atomic mass is 9.76. The first-order chi connectivity index (χ1) is 15.3. The van der Waals surface area contributed by atoms with E-state index in [1.54, 1.807) is 6.07 Å². The third-order valence-corrected chi connectivity index (χ3v) is 8.15. The summed E-state index contributed by atoms with van der Waals surface area (Å²) in [5, 5.41) is 15.2. The summed E-state index contributed by atoms with van der Waals surface area (Å²) in [5.74, 6) is 0.689. The number of rotatable bonds is 5. The van der Waals surface area contributed by atoms with Crippen molar-refractivity contribution >= 4 is 34.2 Å². The van der Waals surface area contributed by atoms with Crippen molar-refractivity contribution in [1.82, 2.24) is 15.2 Å². The molecule has 2 aromatic rings. The number of aromatic nitrogens is 1. The van der Waals surface area contributed by atoms with E-state index in [1.165, 1.54) is 19.3 Å². The molecule has 0 bridgehead atoms. The van der Waals surface area contributed by atoms with Crippen LogP contribution < -0.4 is 10.2 Å². The smallest absolute Gasteiger partial charge is 0.253 e. The van der Waals surface area contributed by atoms with E-state index in [0.29, 0.717) is 22.0 Å². The van der Waals surface area contributed by atoms with E-state index in [4.69, 9.17) is 16.6 Å². The number of amides is 1. The summed E-state index contributed by atoms with van der Waals surface area (Å²) in [7, 11) is 4.23. The second-order valence-corrected chi connectivity index (χ2v) is 10.9. The molecule has 1 amide bonds. The van der Waals surface area contributed by atoms with Gasteiger partial charge in [0.1, 0.15) is 5.82 Å². The Balaban J connectivity index is 1.34. The Kier molecular flexibility index (Phi) is 5.59. The predicted octanol–water partition coefficient (Wildman–Crippen LogP) is 3.84.